The number of aliphatic hydroxyl groups excluding tert-OH is 1. The van der Waals surface area contributed by atoms with Crippen molar-refractivity contribution in [3.63, 3.8) is 0 Å². The number of rotatable bonds is 73. The molecule has 560 valence electrons. The fourth-order valence-corrected chi connectivity index (χ4v) is 12.3. The highest BCUT2D eigenvalue weighted by Gasteiger charge is 2.30. The zero-order valence-corrected chi connectivity index (χ0v) is 62.8. The highest BCUT2D eigenvalue weighted by atomic mass is 31.2. The number of hydrogen-bond acceptors (Lipinski definition) is 15. The summed E-state index contributed by atoms with van der Waals surface area (Å²) < 4.78 is 68.3. The summed E-state index contributed by atoms with van der Waals surface area (Å²) in [5.41, 5.74) is 0. The first-order valence-electron chi connectivity index (χ1n) is 38.5. The first-order valence-corrected chi connectivity index (χ1v) is 41.5. The maximum Gasteiger partial charge on any atom is 0.472 e. The van der Waals surface area contributed by atoms with E-state index < -0.39 is 97.5 Å². The van der Waals surface area contributed by atoms with Gasteiger partial charge in [-0.05, 0) is 51.4 Å². The van der Waals surface area contributed by atoms with E-state index in [9.17, 15) is 43.2 Å². The Bertz CT molecular complexity index is 2060. The van der Waals surface area contributed by atoms with Crippen LogP contribution < -0.4 is 0 Å². The molecule has 0 saturated heterocycles. The highest BCUT2D eigenvalue weighted by molar-refractivity contribution is 7.47. The lowest BCUT2D eigenvalue weighted by Crippen LogP contribution is -2.30. The lowest BCUT2D eigenvalue weighted by Gasteiger charge is -2.21. The minimum absolute atomic E-state index is 0.0656. The Morgan fingerprint density at radius 3 is 0.833 bits per heavy atom. The van der Waals surface area contributed by atoms with Crippen molar-refractivity contribution in [3.05, 3.63) is 60.8 Å². The van der Waals surface area contributed by atoms with Crippen molar-refractivity contribution in [2.24, 2.45) is 0 Å². The van der Waals surface area contributed by atoms with E-state index in [2.05, 4.69) is 64.2 Å². The number of ether oxygens (including phenoxy) is 4. The van der Waals surface area contributed by atoms with Crippen molar-refractivity contribution in [3.8, 4) is 0 Å². The van der Waals surface area contributed by atoms with Crippen LogP contribution >= 0.6 is 15.6 Å². The van der Waals surface area contributed by atoms with E-state index in [1.165, 1.54) is 173 Å². The molecule has 0 fully saturated rings. The van der Waals surface area contributed by atoms with E-state index >= 15 is 0 Å². The number of carbonyl (C=O) groups excluding carboxylic acids is 4. The summed E-state index contributed by atoms with van der Waals surface area (Å²) in [6.45, 7) is 4.71. The van der Waals surface area contributed by atoms with Crippen LogP contribution in [0.5, 0.6) is 0 Å². The number of allylic oxidation sites excluding steroid dienone is 9. The topological polar surface area (TPSA) is 237 Å². The molecule has 0 heterocycles. The molecule has 0 spiro atoms. The number of esters is 4. The van der Waals surface area contributed by atoms with E-state index in [4.69, 9.17) is 37.0 Å². The third-order valence-electron chi connectivity index (χ3n) is 16.6. The second kappa shape index (κ2) is 70.2. The van der Waals surface area contributed by atoms with Crippen molar-refractivity contribution < 1.29 is 80.2 Å². The molecular formula is C77H140O17P2. The highest BCUT2D eigenvalue weighted by Crippen LogP contribution is 2.45. The Kier molecular flexibility index (Phi) is 67.8. The number of aliphatic hydroxyl groups is 1. The van der Waals surface area contributed by atoms with Gasteiger partial charge >= 0.3 is 39.5 Å². The van der Waals surface area contributed by atoms with E-state index in [-0.39, 0.29) is 25.7 Å². The standard InChI is InChI=1S/C77H140O17P2/c1-5-9-13-17-21-25-29-32-35-38-42-45-49-53-57-61-74(79)87-67-72(93-76(81)63-59-55-51-47-41-28-24-20-16-12-8-4)69-91-95(83,84)89-65-71(78)66-90-96(85,86)92-70-73(94-77(82)64-60-56-52-48-44-40-37-34-31-27-23-19-15-11-7-3)68-88-75(80)62-58-54-50-46-43-39-36-33-30-26-22-18-14-10-6-2/h9,13,21,25,32,35,42,45,53,57,71-73,78H,5-8,10-12,14-20,22-24,26-31,33-34,36-41,43-44,46-52,54-56,58-70H2,1-4H3,(H,83,84)(H,85,86)/b13-9-,25-21-,35-32-,45-42-,57-53-. The van der Waals surface area contributed by atoms with E-state index in [0.29, 0.717) is 25.7 Å². The van der Waals surface area contributed by atoms with Gasteiger partial charge in [0.15, 0.2) is 12.2 Å². The molecule has 0 aliphatic carbocycles. The van der Waals surface area contributed by atoms with Gasteiger partial charge in [-0.15, -0.1) is 0 Å². The second-order valence-corrected chi connectivity index (χ2v) is 28.9. The molecule has 0 saturated carbocycles. The molecule has 0 aromatic heterocycles. The summed E-state index contributed by atoms with van der Waals surface area (Å²) in [7, 11) is -9.95. The molecule has 0 amide bonds. The third-order valence-corrected chi connectivity index (χ3v) is 18.5. The van der Waals surface area contributed by atoms with Gasteiger partial charge in [-0.2, -0.15) is 0 Å². The van der Waals surface area contributed by atoms with Crippen LogP contribution in [0.25, 0.3) is 0 Å². The minimum Gasteiger partial charge on any atom is -0.462 e. The average Bonchev–Trinajstić information content (AvgIpc) is 1.11. The molecule has 0 rings (SSSR count). The van der Waals surface area contributed by atoms with E-state index in [0.717, 1.165) is 96.3 Å². The normalized spacial score (nSPS) is 14.3. The van der Waals surface area contributed by atoms with Gasteiger partial charge < -0.3 is 33.8 Å². The van der Waals surface area contributed by atoms with Gasteiger partial charge in [0.1, 0.15) is 19.3 Å². The second-order valence-electron chi connectivity index (χ2n) is 26.0. The van der Waals surface area contributed by atoms with Crippen LogP contribution in [0.2, 0.25) is 0 Å². The molecule has 19 heteroatoms. The van der Waals surface area contributed by atoms with E-state index in [1.807, 2.05) is 18.2 Å². The maximum absolute atomic E-state index is 13.1. The molecule has 0 aliphatic heterocycles. The van der Waals surface area contributed by atoms with Crippen LogP contribution in [0, 0.1) is 0 Å². The number of hydrogen-bond donors (Lipinski definition) is 3. The van der Waals surface area contributed by atoms with Gasteiger partial charge in [-0.3, -0.25) is 37.3 Å². The predicted molar refractivity (Wildman–Crippen MR) is 390 cm³/mol. The molecule has 0 aromatic carbocycles. The molecule has 0 bridgehead atoms. The number of phosphoric ester groups is 2. The lowest BCUT2D eigenvalue weighted by molar-refractivity contribution is -0.161. The van der Waals surface area contributed by atoms with Crippen LogP contribution in [-0.4, -0.2) is 96.7 Å². The first kappa shape index (κ1) is 92.8. The first-order chi connectivity index (χ1) is 46.7. The van der Waals surface area contributed by atoms with Gasteiger partial charge in [0.2, 0.25) is 0 Å². The lowest BCUT2D eigenvalue weighted by atomic mass is 10.0. The molecule has 17 nitrogen and oxygen atoms in total. The zero-order valence-electron chi connectivity index (χ0n) is 61.1. The molecule has 5 unspecified atom stereocenters. The van der Waals surface area contributed by atoms with Gasteiger partial charge in [0, 0.05) is 19.3 Å². The maximum atomic E-state index is 13.1. The summed E-state index contributed by atoms with van der Waals surface area (Å²) in [5, 5.41) is 10.6. The Labute approximate surface area is 584 Å². The fraction of sp³-hybridized carbons (Fsp3) is 0.818. The van der Waals surface area contributed by atoms with Crippen molar-refractivity contribution in [1.29, 1.82) is 0 Å². The number of carbonyl (C=O) groups is 4. The molecule has 3 N–H and O–H groups in total. The van der Waals surface area contributed by atoms with Crippen molar-refractivity contribution >= 4 is 39.5 Å². The third kappa shape index (κ3) is 69.2. The minimum atomic E-state index is -4.98. The smallest absolute Gasteiger partial charge is 0.462 e. The number of unbranched alkanes of at least 4 members (excludes halogenated alkanes) is 38. The van der Waals surface area contributed by atoms with Crippen molar-refractivity contribution in [1.82, 2.24) is 0 Å². The Balaban J connectivity index is 5.34. The Morgan fingerprint density at radius 2 is 0.542 bits per heavy atom. The van der Waals surface area contributed by atoms with Gasteiger partial charge in [0.25, 0.3) is 0 Å². The van der Waals surface area contributed by atoms with Crippen molar-refractivity contribution in [2.75, 3.05) is 39.6 Å². The summed E-state index contributed by atoms with van der Waals surface area (Å²) in [6, 6.07) is 0. The largest absolute Gasteiger partial charge is 0.472 e. The SMILES string of the molecule is CC/C=C\C/C=C\C/C=C\C/C=C\C/C=C\CC(=O)OCC(COP(=O)(O)OCC(O)COP(=O)(O)OCC(COC(=O)CCCCCCCCCCCCCCCCC)OC(=O)CCCCCCCCCCCCCCCCC)OC(=O)CCCCCCCCCCCCC. The Hall–Kier alpha value is -3.24. The van der Waals surface area contributed by atoms with Crippen LogP contribution in [0.3, 0.4) is 0 Å². The predicted octanol–water partition coefficient (Wildman–Crippen LogP) is 21.9. The van der Waals surface area contributed by atoms with Crippen LogP contribution in [0.1, 0.15) is 349 Å². The van der Waals surface area contributed by atoms with Crippen LogP contribution in [0.15, 0.2) is 60.8 Å². The van der Waals surface area contributed by atoms with Gasteiger partial charge in [0.05, 0.1) is 32.8 Å². The monoisotopic (exact) mass is 1400 g/mol. The molecule has 96 heavy (non-hydrogen) atoms. The molecule has 0 radical (unpaired) electrons. The molecule has 0 aromatic rings. The van der Waals surface area contributed by atoms with Crippen LogP contribution in [-0.2, 0) is 65.4 Å². The average molecular weight is 1400 g/mol. The Morgan fingerprint density at radius 1 is 0.302 bits per heavy atom. The van der Waals surface area contributed by atoms with Gasteiger partial charge in [-0.1, -0.05) is 332 Å². The summed E-state index contributed by atoms with van der Waals surface area (Å²) in [4.78, 5) is 72.7. The molecular weight excluding hydrogens is 1260 g/mol. The summed E-state index contributed by atoms with van der Waals surface area (Å²) >= 11 is 0. The summed E-state index contributed by atoms with van der Waals surface area (Å²) in [6.07, 6.45) is 68.1. The van der Waals surface area contributed by atoms with Crippen molar-refractivity contribution in [2.45, 2.75) is 367 Å². The zero-order chi connectivity index (χ0) is 70.4. The van der Waals surface area contributed by atoms with Gasteiger partial charge in [-0.25, -0.2) is 9.13 Å². The van der Waals surface area contributed by atoms with Crippen LogP contribution in [0.4, 0.5) is 0 Å². The number of phosphoric acid groups is 2. The quantitative estimate of drug-likeness (QED) is 0.0169. The molecule has 5 atom stereocenters. The summed E-state index contributed by atoms with van der Waals surface area (Å²) in [5.74, 6) is -2.29. The fourth-order valence-electron chi connectivity index (χ4n) is 10.7. The van der Waals surface area contributed by atoms with E-state index in [1.54, 1.807) is 6.08 Å². The molecule has 0 aliphatic rings.